The summed E-state index contributed by atoms with van der Waals surface area (Å²) >= 11 is 0. The molecule has 0 unspecified atom stereocenters. The molecule has 0 atom stereocenters. The zero-order chi connectivity index (χ0) is 34.6. The summed E-state index contributed by atoms with van der Waals surface area (Å²) in [7, 11) is 1.78. The second kappa shape index (κ2) is 13.7. The minimum atomic E-state index is -1.14. The summed E-state index contributed by atoms with van der Waals surface area (Å²) in [4.78, 5) is 22.6. The lowest BCUT2D eigenvalue weighted by Crippen LogP contribution is -2.37. The van der Waals surface area contributed by atoms with Crippen molar-refractivity contribution in [2.24, 2.45) is 5.73 Å². The Bertz CT molecular complexity index is 1990. The van der Waals surface area contributed by atoms with Gasteiger partial charge in [0.25, 0.3) is 0 Å². The van der Waals surface area contributed by atoms with E-state index in [0.29, 0.717) is 29.3 Å². The molecule has 0 bridgehead atoms. The predicted octanol–water partition coefficient (Wildman–Crippen LogP) is 7.32. The van der Waals surface area contributed by atoms with Gasteiger partial charge in [-0.05, 0) is 61.6 Å². The van der Waals surface area contributed by atoms with E-state index in [1.54, 1.807) is 19.3 Å². The molecule has 49 heavy (non-hydrogen) atoms. The monoisotopic (exact) mass is 652 g/mol. The fraction of sp³-hybridized carbons (Fsp3) is 0.200. The van der Waals surface area contributed by atoms with Crippen molar-refractivity contribution in [3.05, 3.63) is 155 Å². The van der Waals surface area contributed by atoms with E-state index in [1.165, 1.54) is 6.20 Å². The summed E-state index contributed by atoms with van der Waals surface area (Å²) in [6.45, 7) is 4.46. The number of anilines is 1. The first kappa shape index (κ1) is 33.1. The molecular weight excluding hydrogens is 612 g/mol. The van der Waals surface area contributed by atoms with Gasteiger partial charge in [0.05, 0.1) is 18.5 Å². The molecule has 0 saturated carbocycles. The van der Waals surface area contributed by atoms with Crippen molar-refractivity contribution in [1.29, 1.82) is 5.41 Å². The number of hydrogen-bond donors (Lipinski definition) is 4. The van der Waals surface area contributed by atoms with Gasteiger partial charge < -0.3 is 25.5 Å². The van der Waals surface area contributed by atoms with Gasteiger partial charge in [0.15, 0.2) is 5.65 Å². The summed E-state index contributed by atoms with van der Waals surface area (Å²) in [5.74, 6) is -0.532. The van der Waals surface area contributed by atoms with Gasteiger partial charge >= 0.3 is 5.97 Å². The Hall–Kier alpha value is -5.80. The molecule has 0 amide bonds. The minimum Gasteiger partial charge on any atom is -0.494 e. The first-order chi connectivity index (χ1) is 23.6. The van der Waals surface area contributed by atoms with E-state index >= 15 is 0 Å². The van der Waals surface area contributed by atoms with Crippen LogP contribution in [0.15, 0.2) is 122 Å². The standard InChI is InChI=1S/C40H40N6O3/c1-39(2,42)22-13-23-49-30-20-21-33(43-3)31(24-30)35(41)34-25-44-37-36(45-34)32(38(47)48)26-46(37)40(27-14-7-4-8-15-27,28-16-9-5-10-17-28)29-18-11-6-12-19-29/h4-12,14-21,24-26,41,43H,13,22-23,42H2,1-3H3,(H,47,48). The average molecular weight is 653 g/mol. The van der Waals surface area contributed by atoms with E-state index in [1.807, 2.05) is 122 Å². The number of benzene rings is 4. The van der Waals surface area contributed by atoms with Crippen LogP contribution >= 0.6 is 0 Å². The zero-order valence-electron chi connectivity index (χ0n) is 27.9. The van der Waals surface area contributed by atoms with E-state index < -0.39 is 11.5 Å². The third-order valence-corrected chi connectivity index (χ3v) is 8.68. The van der Waals surface area contributed by atoms with Gasteiger partial charge in [-0.2, -0.15) is 0 Å². The van der Waals surface area contributed by atoms with E-state index in [-0.39, 0.29) is 28.0 Å². The maximum Gasteiger partial charge on any atom is 0.339 e. The molecule has 0 saturated heterocycles. The molecule has 6 aromatic rings. The number of ether oxygens (including phenoxy) is 1. The van der Waals surface area contributed by atoms with Gasteiger partial charge in [0.2, 0.25) is 0 Å². The lowest BCUT2D eigenvalue weighted by molar-refractivity contribution is 0.0698. The van der Waals surface area contributed by atoms with E-state index in [2.05, 4.69) is 5.32 Å². The van der Waals surface area contributed by atoms with Crippen molar-refractivity contribution < 1.29 is 14.6 Å². The summed E-state index contributed by atoms with van der Waals surface area (Å²) < 4.78 is 7.92. The van der Waals surface area contributed by atoms with Crippen LogP contribution < -0.4 is 15.8 Å². The number of rotatable bonds is 13. The normalized spacial score (nSPS) is 11.8. The number of aromatic nitrogens is 3. The highest BCUT2D eigenvalue weighted by Gasteiger charge is 2.41. The van der Waals surface area contributed by atoms with Crippen LogP contribution in [0.2, 0.25) is 0 Å². The highest BCUT2D eigenvalue weighted by molar-refractivity contribution is 6.14. The summed E-state index contributed by atoms with van der Waals surface area (Å²) in [5.41, 5.74) is 9.72. The Morgan fingerprint density at radius 2 is 1.47 bits per heavy atom. The first-order valence-corrected chi connectivity index (χ1v) is 16.2. The fourth-order valence-corrected chi connectivity index (χ4v) is 6.37. The number of carboxylic acid groups (broad SMARTS) is 1. The van der Waals surface area contributed by atoms with Gasteiger partial charge in [0.1, 0.15) is 28.1 Å². The number of nitrogens with one attached hydrogen (secondary N) is 2. The van der Waals surface area contributed by atoms with Crippen molar-refractivity contribution >= 4 is 28.5 Å². The van der Waals surface area contributed by atoms with Crippen molar-refractivity contribution in [3.8, 4) is 5.75 Å². The lowest BCUT2D eigenvalue weighted by Gasteiger charge is -2.38. The summed E-state index contributed by atoms with van der Waals surface area (Å²) in [6.07, 6.45) is 4.75. The molecule has 0 aliphatic heterocycles. The second-order valence-corrected chi connectivity index (χ2v) is 12.7. The highest BCUT2D eigenvalue weighted by Crippen LogP contribution is 2.43. The van der Waals surface area contributed by atoms with Gasteiger partial charge in [-0.1, -0.05) is 91.0 Å². The fourth-order valence-electron chi connectivity index (χ4n) is 6.37. The maximum atomic E-state index is 12.9. The molecule has 0 radical (unpaired) electrons. The molecule has 0 aliphatic carbocycles. The van der Waals surface area contributed by atoms with Crippen LogP contribution in [0.5, 0.6) is 5.75 Å². The number of aromatic carboxylic acids is 1. The average Bonchev–Trinajstić information content (AvgIpc) is 3.50. The van der Waals surface area contributed by atoms with Crippen molar-refractivity contribution in [3.63, 3.8) is 0 Å². The molecule has 9 nitrogen and oxygen atoms in total. The van der Waals surface area contributed by atoms with Gasteiger partial charge in [0, 0.05) is 30.0 Å². The van der Waals surface area contributed by atoms with Crippen LogP contribution in [0.1, 0.15) is 65.0 Å². The minimum absolute atomic E-state index is 0.0157. The number of hydrogen-bond acceptors (Lipinski definition) is 7. The Balaban J connectivity index is 1.51. The molecule has 4 aromatic carbocycles. The SMILES string of the molecule is CNc1ccc(OCCCC(C)(C)N)cc1C(=N)c1cnc2c(n1)c(C(=O)O)cn2C(c1ccccc1)(c1ccccc1)c1ccccc1. The lowest BCUT2D eigenvalue weighted by atomic mass is 9.76. The molecule has 2 aromatic heterocycles. The molecule has 6 rings (SSSR count). The summed E-state index contributed by atoms with van der Waals surface area (Å²) in [6, 6.07) is 35.4. The Morgan fingerprint density at radius 1 is 0.898 bits per heavy atom. The summed E-state index contributed by atoms with van der Waals surface area (Å²) in [5, 5.41) is 22.9. The van der Waals surface area contributed by atoms with Crippen molar-refractivity contribution in [2.75, 3.05) is 19.0 Å². The molecular formula is C40H40N6O3. The van der Waals surface area contributed by atoms with Crippen LogP contribution in [0.25, 0.3) is 11.2 Å². The van der Waals surface area contributed by atoms with Crippen LogP contribution in [0.4, 0.5) is 5.69 Å². The van der Waals surface area contributed by atoms with Gasteiger partial charge in [-0.15, -0.1) is 0 Å². The van der Waals surface area contributed by atoms with Crippen LogP contribution in [0.3, 0.4) is 0 Å². The second-order valence-electron chi connectivity index (χ2n) is 12.7. The van der Waals surface area contributed by atoms with E-state index in [9.17, 15) is 15.3 Å². The third-order valence-electron chi connectivity index (χ3n) is 8.68. The van der Waals surface area contributed by atoms with Crippen LogP contribution in [0, 0.1) is 5.41 Å². The molecule has 248 valence electrons. The van der Waals surface area contributed by atoms with Gasteiger partial charge in [-0.3, -0.25) is 5.41 Å². The zero-order valence-corrected chi connectivity index (χ0v) is 27.9. The topological polar surface area (TPSA) is 139 Å². The predicted molar refractivity (Wildman–Crippen MR) is 194 cm³/mol. The number of carbonyl (C=O) groups is 1. The molecule has 5 N–H and O–H groups in total. The Kier molecular flexibility index (Phi) is 9.29. The number of carboxylic acids is 1. The van der Waals surface area contributed by atoms with Crippen LogP contribution in [-0.4, -0.2) is 50.5 Å². The smallest absolute Gasteiger partial charge is 0.339 e. The Labute approximate surface area is 285 Å². The molecule has 9 heteroatoms. The molecule has 0 spiro atoms. The van der Waals surface area contributed by atoms with E-state index in [0.717, 1.165) is 29.5 Å². The highest BCUT2D eigenvalue weighted by atomic mass is 16.5. The number of fused-ring (bicyclic) bond motifs is 1. The third kappa shape index (κ3) is 6.53. The molecule has 0 aliphatic rings. The van der Waals surface area contributed by atoms with Crippen LogP contribution in [-0.2, 0) is 5.54 Å². The largest absolute Gasteiger partial charge is 0.494 e. The van der Waals surface area contributed by atoms with Crippen molar-refractivity contribution in [2.45, 2.75) is 37.8 Å². The number of nitrogens with zero attached hydrogens (tertiary/aromatic N) is 3. The first-order valence-electron chi connectivity index (χ1n) is 16.2. The maximum absolute atomic E-state index is 12.9. The van der Waals surface area contributed by atoms with Crippen molar-refractivity contribution in [1.82, 2.24) is 14.5 Å². The van der Waals surface area contributed by atoms with Gasteiger partial charge in [-0.25, -0.2) is 14.8 Å². The molecule has 2 heterocycles. The number of nitrogens with two attached hydrogens (primary N) is 1. The molecule has 0 fully saturated rings. The quantitative estimate of drug-likeness (QED) is 0.0582. The van der Waals surface area contributed by atoms with E-state index in [4.69, 9.17) is 20.4 Å². The Morgan fingerprint density at radius 3 is 1.98 bits per heavy atom.